The lowest BCUT2D eigenvalue weighted by atomic mass is 10.3. The minimum Gasteiger partial charge on any atom is -0.492 e. The van der Waals surface area contributed by atoms with Gasteiger partial charge in [-0.1, -0.05) is 12.1 Å². The van der Waals surface area contributed by atoms with Gasteiger partial charge < -0.3 is 15.0 Å². The van der Waals surface area contributed by atoms with Crippen LogP contribution in [0.4, 0.5) is 5.95 Å². The fraction of sp³-hybridized carbons (Fsp3) is 0.200. The molecule has 0 bridgehead atoms. The van der Waals surface area contributed by atoms with E-state index in [9.17, 15) is 0 Å². The van der Waals surface area contributed by atoms with Crippen LogP contribution >= 0.6 is 0 Å². The van der Waals surface area contributed by atoms with Crippen LogP contribution in [-0.2, 0) is 6.54 Å². The van der Waals surface area contributed by atoms with Gasteiger partial charge in [-0.25, -0.2) is 4.98 Å². The van der Waals surface area contributed by atoms with E-state index in [4.69, 9.17) is 10.5 Å². The highest BCUT2D eigenvalue weighted by Gasteiger charge is 2.12. The quantitative estimate of drug-likeness (QED) is 0.789. The van der Waals surface area contributed by atoms with Gasteiger partial charge in [-0.3, -0.25) is 4.98 Å². The smallest absolute Gasteiger partial charge is 0.201 e. The summed E-state index contributed by atoms with van der Waals surface area (Å²) in [5.41, 5.74) is 8.73. The Morgan fingerprint density at radius 1 is 1.20 bits per heavy atom. The van der Waals surface area contributed by atoms with Gasteiger partial charge in [-0.05, 0) is 31.2 Å². The molecule has 5 nitrogen and oxygen atoms in total. The lowest BCUT2D eigenvalue weighted by Gasteiger charge is -2.06. The molecule has 2 aromatic heterocycles. The largest absolute Gasteiger partial charge is 0.492 e. The van der Waals surface area contributed by atoms with E-state index in [-0.39, 0.29) is 0 Å². The zero-order valence-corrected chi connectivity index (χ0v) is 11.3. The van der Waals surface area contributed by atoms with Crippen LogP contribution in [0.25, 0.3) is 11.0 Å². The average Bonchev–Trinajstić information content (AvgIpc) is 2.78. The Morgan fingerprint density at radius 3 is 2.85 bits per heavy atom. The topological polar surface area (TPSA) is 66.0 Å². The van der Waals surface area contributed by atoms with Crippen molar-refractivity contribution < 1.29 is 4.74 Å². The molecule has 0 unspecified atom stereocenters. The van der Waals surface area contributed by atoms with Crippen LogP contribution in [-0.4, -0.2) is 21.1 Å². The maximum Gasteiger partial charge on any atom is 0.201 e. The van der Waals surface area contributed by atoms with Crippen LogP contribution in [0.3, 0.4) is 0 Å². The summed E-state index contributed by atoms with van der Waals surface area (Å²) in [5, 5.41) is 0. The van der Waals surface area contributed by atoms with Crippen molar-refractivity contribution in [2.75, 3.05) is 12.3 Å². The number of para-hydroxylation sites is 1. The fourth-order valence-corrected chi connectivity index (χ4v) is 2.23. The zero-order chi connectivity index (χ0) is 13.9. The van der Waals surface area contributed by atoms with Crippen molar-refractivity contribution in [3.05, 3.63) is 48.3 Å². The number of ether oxygens (including phenoxy) is 1. The van der Waals surface area contributed by atoms with Gasteiger partial charge in [-0.2, -0.15) is 0 Å². The van der Waals surface area contributed by atoms with Crippen molar-refractivity contribution in [1.29, 1.82) is 0 Å². The van der Waals surface area contributed by atoms with Crippen molar-refractivity contribution in [3.63, 3.8) is 0 Å². The Balaban J connectivity index is 2.07. The van der Waals surface area contributed by atoms with E-state index >= 15 is 0 Å². The number of hydrogen-bond acceptors (Lipinski definition) is 4. The molecule has 0 saturated carbocycles. The first-order valence-corrected chi connectivity index (χ1v) is 6.57. The van der Waals surface area contributed by atoms with Crippen molar-refractivity contribution in [2.45, 2.75) is 13.5 Å². The number of fused-ring (bicyclic) bond motifs is 1. The number of hydrogen-bond donors (Lipinski definition) is 1. The lowest BCUT2D eigenvalue weighted by molar-refractivity contribution is 0.343. The third-order valence-corrected chi connectivity index (χ3v) is 3.12. The Labute approximate surface area is 117 Å². The monoisotopic (exact) mass is 268 g/mol. The van der Waals surface area contributed by atoms with Gasteiger partial charge in [0.2, 0.25) is 5.95 Å². The second-order valence-electron chi connectivity index (χ2n) is 4.43. The summed E-state index contributed by atoms with van der Waals surface area (Å²) in [5.74, 6) is 1.23. The summed E-state index contributed by atoms with van der Waals surface area (Å²) in [6.45, 7) is 3.15. The van der Waals surface area contributed by atoms with Gasteiger partial charge >= 0.3 is 0 Å². The highest BCUT2D eigenvalue weighted by atomic mass is 16.5. The predicted octanol–water partition coefficient (Wildman–Crippen LogP) is 2.46. The van der Waals surface area contributed by atoms with Crippen molar-refractivity contribution in [3.8, 4) is 5.75 Å². The first-order chi connectivity index (χ1) is 9.79. The second kappa shape index (κ2) is 5.21. The highest BCUT2D eigenvalue weighted by molar-refractivity contribution is 5.84. The molecule has 0 amide bonds. The van der Waals surface area contributed by atoms with E-state index in [2.05, 4.69) is 9.97 Å². The summed E-state index contributed by atoms with van der Waals surface area (Å²) in [4.78, 5) is 8.74. The Bertz CT molecular complexity index is 721. The number of aromatic nitrogens is 3. The average molecular weight is 268 g/mol. The number of nitrogens with zero attached hydrogens (tertiary/aromatic N) is 3. The van der Waals surface area contributed by atoms with Crippen molar-refractivity contribution >= 4 is 17.0 Å². The summed E-state index contributed by atoms with van der Waals surface area (Å²) in [6.07, 6.45) is 1.77. The molecule has 3 rings (SSSR count). The minimum absolute atomic E-state index is 0.470. The number of pyridine rings is 1. The molecule has 20 heavy (non-hydrogen) atoms. The van der Waals surface area contributed by atoms with E-state index in [0.29, 0.717) is 19.1 Å². The standard InChI is InChI=1S/C15H16N4O/c1-2-20-13-8-5-7-12-14(13)18-15(16)19(12)10-11-6-3-4-9-17-11/h3-9H,2,10H2,1H3,(H2,16,18). The molecule has 0 aliphatic heterocycles. The molecule has 5 heteroatoms. The van der Waals surface area contributed by atoms with E-state index in [0.717, 1.165) is 22.5 Å². The maximum atomic E-state index is 6.03. The Hall–Kier alpha value is -2.56. The van der Waals surface area contributed by atoms with Crippen LogP contribution in [0, 0.1) is 0 Å². The third-order valence-electron chi connectivity index (χ3n) is 3.12. The molecule has 0 fully saturated rings. The summed E-state index contributed by atoms with van der Waals surface area (Å²) in [7, 11) is 0. The molecule has 1 aromatic carbocycles. The van der Waals surface area contributed by atoms with Crippen LogP contribution in [0.15, 0.2) is 42.6 Å². The molecular formula is C15H16N4O. The second-order valence-corrected chi connectivity index (χ2v) is 4.43. The van der Waals surface area contributed by atoms with Gasteiger partial charge in [0.05, 0.1) is 24.4 Å². The number of anilines is 1. The molecule has 2 heterocycles. The van der Waals surface area contributed by atoms with Gasteiger partial charge in [0.15, 0.2) is 0 Å². The first kappa shape index (κ1) is 12.5. The normalized spacial score (nSPS) is 10.8. The van der Waals surface area contributed by atoms with E-state index < -0.39 is 0 Å². The Morgan fingerprint density at radius 2 is 2.10 bits per heavy atom. The number of nitrogen functional groups attached to an aromatic ring is 1. The number of imidazole rings is 1. The van der Waals surface area contributed by atoms with Crippen LogP contribution in [0.1, 0.15) is 12.6 Å². The molecule has 2 N–H and O–H groups in total. The van der Waals surface area contributed by atoms with Crippen LogP contribution < -0.4 is 10.5 Å². The van der Waals surface area contributed by atoms with E-state index in [1.54, 1.807) is 6.20 Å². The lowest BCUT2D eigenvalue weighted by Crippen LogP contribution is -2.05. The van der Waals surface area contributed by atoms with Gasteiger partial charge in [0.1, 0.15) is 11.3 Å². The van der Waals surface area contributed by atoms with Crippen LogP contribution in [0.2, 0.25) is 0 Å². The summed E-state index contributed by atoms with van der Waals surface area (Å²) < 4.78 is 7.54. The summed E-state index contributed by atoms with van der Waals surface area (Å²) >= 11 is 0. The third kappa shape index (κ3) is 2.18. The first-order valence-electron chi connectivity index (χ1n) is 6.57. The molecular weight excluding hydrogens is 252 g/mol. The molecule has 0 radical (unpaired) electrons. The van der Waals surface area contributed by atoms with Gasteiger partial charge in [0.25, 0.3) is 0 Å². The molecule has 0 spiro atoms. The predicted molar refractivity (Wildman–Crippen MR) is 78.7 cm³/mol. The minimum atomic E-state index is 0.470. The SMILES string of the molecule is CCOc1cccc2c1nc(N)n2Cc1ccccn1. The number of rotatable bonds is 4. The highest BCUT2D eigenvalue weighted by Crippen LogP contribution is 2.27. The summed E-state index contributed by atoms with van der Waals surface area (Å²) in [6, 6.07) is 11.7. The fourth-order valence-electron chi connectivity index (χ4n) is 2.23. The van der Waals surface area contributed by atoms with Crippen LogP contribution in [0.5, 0.6) is 5.75 Å². The molecule has 0 saturated heterocycles. The van der Waals surface area contributed by atoms with Crippen molar-refractivity contribution in [2.24, 2.45) is 0 Å². The maximum absolute atomic E-state index is 6.03. The van der Waals surface area contributed by atoms with Gasteiger partial charge in [0, 0.05) is 6.20 Å². The van der Waals surface area contributed by atoms with E-state index in [1.165, 1.54) is 0 Å². The van der Waals surface area contributed by atoms with E-state index in [1.807, 2.05) is 47.9 Å². The number of nitrogens with two attached hydrogens (primary N) is 1. The molecule has 0 aliphatic rings. The van der Waals surface area contributed by atoms with Crippen molar-refractivity contribution in [1.82, 2.24) is 14.5 Å². The molecule has 102 valence electrons. The number of benzene rings is 1. The zero-order valence-electron chi connectivity index (χ0n) is 11.3. The Kier molecular flexibility index (Phi) is 3.25. The van der Waals surface area contributed by atoms with Gasteiger partial charge in [-0.15, -0.1) is 0 Å². The molecule has 3 aromatic rings. The molecule has 0 aliphatic carbocycles. The molecule has 0 atom stereocenters.